The maximum atomic E-state index is 13.1. The molecule has 1 saturated carbocycles. The summed E-state index contributed by atoms with van der Waals surface area (Å²) in [5, 5.41) is 0. The summed E-state index contributed by atoms with van der Waals surface area (Å²) in [6.45, 7) is 0. The lowest BCUT2D eigenvalue weighted by Gasteiger charge is -2.08. The van der Waals surface area contributed by atoms with Crippen molar-refractivity contribution in [2.24, 2.45) is 5.92 Å². The van der Waals surface area contributed by atoms with Gasteiger partial charge in [-0.25, -0.2) is 4.39 Å². The summed E-state index contributed by atoms with van der Waals surface area (Å²) in [7, 11) is 0. The molecular weight excluding hydrogens is 283 g/mol. The highest BCUT2D eigenvalue weighted by molar-refractivity contribution is 9.10. The number of hydrogen-bond donors (Lipinski definition) is 0. The molecule has 92 valence electrons. The van der Waals surface area contributed by atoms with Crippen LogP contribution in [0.25, 0.3) is 0 Å². The van der Waals surface area contributed by atoms with Gasteiger partial charge in [0.2, 0.25) is 0 Å². The summed E-state index contributed by atoms with van der Waals surface area (Å²) in [6.07, 6.45) is 5.85. The van der Waals surface area contributed by atoms with Crippen LogP contribution in [-0.2, 0) is 11.2 Å². The number of rotatable bonds is 4. The van der Waals surface area contributed by atoms with Gasteiger partial charge in [0.25, 0.3) is 0 Å². The van der Waals surface area contributed by atoms with Crippen LogP contribution in [-0.4, -0.2) is 5.78 Å². The Labute approximate surface area is 110 Å². The molecule has 2 rings (SSSR count). The molecule has 0 N–H and O–H groups in total. The Bertz CT molecular complexity index is 411. The monoisotopic (exact) mass is 298 g/mol. The molecule has 0 aliphatic heterocycles. The number of halogens is 2. The van der Waals surface area contributed by atoms with Crippen LogP contribution in [0.1, 0.15) is 37.7 Å². The zero-order chi connectivity index (χ0) is 12.3. The first-order valence-corrected chi connectivity index (χ1v) is 6.90. The molecule has 0 atom stereocenters. The highest BCUT2D eigenvalue weighted by Crippen LogP contribution is 2.28. The van der Waals surface area contributed by atoms with E-state index in [9.17, 15) is 9.18 Å². The molecule has 3 heteroatoms. The van der Waals surface area contributed by atoms with Gasteiger partial charge < -0.3 is 0 Å². The Morgan fingerprint density at radius 3 is 2.76 bits per heavy atom. The van der Waals surface area contributed by atoms with Gasteiger partial charge >= 0.3 is 0 Å². The largest absolute Gasteiger partial charge is 0.299 e. The smallest absolute Gasteiger partial charge is 0.137 e. The molecule has 1 nitrogen and oxygen atoms in total. The second-order valence-electron chi connectivity index (χ2n) is 4.81. The third kappa shape index (κ3) is 3.63. The van der Waals surface area contributed by atoms with Crippen LogP contribution in [0.15, 0.2) is 22.7 Å². The van der Waals surface area contributed by atoms with E-state index in [1.807, 2.05) is 0 Å². The Kier molecular flexibility index (Phi) is 4.32. The second-order valence-corrected chi connectivity index (χ2v) is 5.66. The number of ketones is 1. The van der Waals surface area contributed by atoms with Crippen LogP contribution < -0.4 is 0 Å². The first-order chi connectivity index (χ1) is 8.15. The van der Waals surface area contributed by atoms with Gasteiger partial charge in [0, 0.05) is 17.3 Å². The van der Waals surface area contributed by atoms with Crippen LogP contribution in [0.2, 0.25) is 0 Å². The Morgan fingerprint density at radius 2 is 2.06 bits per heavy atom. The molecule has 17 heavy (non-hydrogen) atoms. The van der Waals surface area contributed by atoms with Gasteiger partial charge in [-0.05, 0) is 29.7 Å². The van der Waals surface area contributed by atoms with E-state index in [-0.39, 0.29) is 11.6 Å². The van der Waals surface area contributed by atoms with Gasteiger partial charge in [-0.1, -0.05) is 41.6 Å². The minimum atomic E-state index is -0.281. The highest BCUT2D eigenvalue weighted by atomic mass is 79.9. The van der Waals surface area contributed by atoms with Gasteiger partial charge in [-0.3, -0.25) is 4.79 Å². The number of hydrogen-bond acceptors (Lipinski definition) is 1. The van der Waals surface area contributed by atoms with Gasteiger partial charge in [-0.2, -0.15) is 0 Å². The van der Waals surface area contributed by atoms with Crippen LogP contribution in [0.3, 0.4) is 0 Å². The molecular formula is C14H16BrFO. The second kappa shape index (κ2) is 5.76. The molecule has 1 fully saturated rings. The molecule has 0 radical (unpaired) electrons. The van der Waals surface area contributed by atoms with Crippen molar-refractivity contribution in [3.63, 3.8) is 0 Å². The van der Waals surface area contributed by atoms with E-state index in [2.05, 4.69) is 15.9 Å². The normalized spacial score (nSPS) is 16.4. The quantitative estimate of drug-likeness (QED) is 0.811. The fourth-order valence-corrected chi connectivity index (χ4v) is 2.89. The number of carbonyl (C=O) groups is 1. The van der Waals surface area contributed by atoms with E-state index in [1.165, 1.54) is 37.8 Å². The van der Waals surface area contributed by atoms with E-state index in [4.69, 9.17) is 0 Å². The topological polar surface area (TPSA) is 17.1 Å². The minimum Gasteiger partial charge on any atom is -0.299 e. The van der Waals surface area contributed by atoms with Crippen molar-refractivity contribution in [3.05, 3.63) is 34.1 Å². The fraction of sp³-hybridized carbons (Fsp3) is 0.500. The van der Waals surface area contributed by atoms with Crippen molar-refractivity contribution in [3.8, 4) is 0 Å². The van der Waals surface area contributed by atoms with E-state index in [0.29, 0.717) is 18.8 Å². The van der Waals surface area contributed by atoms with Crippen molar-refractivity contribution in [1.29, 1.82) is 0 Å². The number of benzene rings is 1. The van der Waals surface area contributed by atoms with Crippen LogP contribution in [0.4, 0.5) is 4.39 Å². The zero-order valence-corrected chi connectivity index (χ0v) is 11.3. The fourth-order valence-electron chi connectivity index (χ4n) is 2.50. The SMILES string of the molecule is O=C(Cc1cc(F)ccc1Br)CC1CCCC1. The van der Waals surface area contributed by atoms with Gasteiger partial charge in [0.05, 0.1) is 0 Å². The minimum absolute atomic E-state index is 0.225. The predicted molar refractivity (Wildman–Crippen MR) is 69.4 cm³/mol. The van der Waals surface area contributed by atoms with E-state index >= 15 is 0 Å². The Morgan fingerprint density at radius 1 is 1.35 bits per heavy atom. The van der Waals surface area contributed by atoms with E-state index in [0.717, 1.165) is 10.0 Å². The average molecular weight is 299 g/mol. The molecule has 1 aromatic rings. The molecule has 0 unspecified atom stereocenters. The van der Waals surface area contributed by atoms with Crippen molar-refractivity contribution >= 4 is 21.7 Å². The predicted octanol–water partition coefficient (Wildman–Crippen LogP) is 4.28. The zero-order valence-electron chi connectivity index (χ0n) is 9.72. The summed E-state index contributed by atoms with van der Waals surface area (Å²) < 4.78 is 13.9. The van der Waals surface area contributed by atoms with Crippen LogP contribution in [0.5, 0.6) is 0 Å². The summed E-state index contributed by atoms with van der Waals surface area (Å²) in [5.41, 5.74) is 0.757. The van der Waals surface area contributed by atoms with Crippen LogP contribution in [0, 0.1) is 11.7 Å². The summed E-state index contributed by atoms with van der Waals surface area (Å²) >= 11 is 3.35. The third-order valence-electron chi connectivity index (χ3n) is 3.39. The summed E-state index contributed by atoms with van der Waals surface area (Å²) in [6, 6.07) is 4.50. The van der Waals surface area contributed by atoms with Gasteiger partial charge in [0.15, 0.2) is 0 Å². The molecule has 0 bridgehead atoms. The Balaban J connectivity index is 1.95. The number of Topliss-reactive ketones (excluding diaryl/α,β-unsaturated/α-hetero) is 1. The molecule has 1 aliphatic rings. The molecule has 0 heterocycles. The van der Waals surface area contributed by atoms with Crippen molar-refractivity contribution in [1.82, 2.24) is 0 Å². The maximum absolute atomic E-state index is 13.1. The van der Waals surface area contributed by atoms with Crippen molar-refractivity contribution in [2.45, 2.75) is 38.5 Å². The molecule has 0 saturated heterocycles. The third-order valence-corrected chi connectivity index (χ3v) is 4.16. The average Bonchev–Trinajstić information content (AvgIpc) is 2.76. The number of carbonyl (C=O) groups excluding carboxylic acids is 1. The standard InChI is InChI=1S/C14H16BrFO/c15-14-6-5-12(16)8-11(14)9-13(17)7-10-3-1-2-4-10/h5-6,8,10H,1-4,7,9H2. The molecule has 1 aromatic carbocycles. The first kappa shape index (κ1) is 12.7. The molecule has 0 amide bonds. The van der Waals surface area contributed by atoms with Crippen LogP contribution >= 0.6 is 15.9 Å². The molecule has 0 spiro atoms. The van der Waals surface area contributed by atoms with Gasteiger partial charge in [0.1, 0.15) is 11.6 Å². The summed E-state index contributed by atoms with van der Waals surface area (Å²) in [5.74, 6) is 0.509. The molecule has 1 aliphatic carbocycles. The lowest BCUT2D eigenvalue weighted by molar-refractivity contribution is -0.119. The lowest BCUT2D eigenvalue weighted by Crippen LogP contribution is -2.08. The van der Waals surface area contributed by atoms with E-state index < -0.39 is 0 Å². The van der Waals surface area contributed by atoms with Crippen molar-refractivity contribution in [2.75, 3.05) is 0 Å². The highest BCUT2D eigenvalue weighted by Gasteiger charge is 2.19. The summed E-state index contributed by atoms with van der Waals surface area (Å²) in [4.78, 5) is 11.9. The Hall–Kier alpha value is -0.700. The maximum Gasteiger partial charge on any atom is 0.137 e. The van der Waals surface area contributed by atoms with E-state index in [1.54, 1.807) is 6.07 Å². The van der Waals surface area contributed by atoms with Crippen molar-refractivity contribution < 1.29 is 9.18 Å². The molecule has 0 aromatic heterocycles. The lowest BCUT2D eigenvalue weighted by atomic mass is 9.97. The van der Waals surface area contributed by atoms with Gasteiger partial charge in [-0.15, -0.1) is 0 Å². The first-order valence-electron chi connectivity index (χ1n) is 6.11.